The molecule has 0 aliphatic heterocycles. The van der Waals surface area contributed by atoms with Crippen molar-refractivity contribution in [1.29, 1.82) is 0 Å². The van der Waals surface area contributed by atoms with E-state index >= 15 is 0 Å². The summed E-state index contributed by atoms with van der Waals surface area (Å²) in [6, 6.07) is 9.09. The van der Waals surface area contributed by atoms with Gasteiger partial charge in [0.15, 0.2) is 0 Å². The summed E-state index contributed by atoms with van der Waals surface area (Å²) in [7, 11) is 0. The number of nitrogens with one attached hydrogen (secondary N) is 1. The van der Waals surface area contributed by atoms with Crippen LogP contribution in [-0.4, -0.2) is 6.54 Å². The normalized spacial score (nSPS) is 12.6. The first-order valence-corrected chi connectivity index (χ1v) is 8.08. The van der Waals surface area contributed by atoms with Gasteiger partial charge in [0, 0.05) is 21.8 Å². The zero-order chi connectivity index (χ0) is 13.7. The van der Waals surface area contributed by atoms with E-state index in [1.807, 2.05) is 12.1 Å². The molecule has 0 spiro atoms. The van der Waals surface area contributed by atoms with E-state index in [4.69, 9.17) is 0 Å². The van der Waals surface area contributed by atoms with Gasteiger partial charge in [-0.25, -0.2) is 4.39 Å². The fourth-order valence-electron chi connectivity index (χ4n) is 1.98. The summed E-state index contributed by atoms with van der Waals surface area (Å²) < 4.78 is 14.2. The van der Waals surface area contributed by atoms with E-state index in [1.54, 1.807) is 11.3 Å². The largest absolute Gasteiger partial charge is 0.310 e. The van der Waals surface area contributed by atoms with E-state index < -0.39 is 0 Å². The van der Waals surface area contributed by atoms with Crippen molar-refractivity contribution in [3.8, 4) is 0 Å². The Labute approximate surface area is 126 Å². The second-order valence-electron chi connectivity index (χ2n) is 4.45. The first-order valence-electron chi connectivity index (χ1n) is 6.41. The highest BCUT2D eigenvalue weighted by molar-refractivity contribution is 9.10. The summed E-state index contributed by atoms with van der Waals surface area (Å²) in [6.45, 7) is 3.11. The van der Waals surface area contributed by atoms with Crippen LogP contribution in [0.2, 0.25) is 0 Å². The molecule has 0 amide bonds. The zero-order valence-corrected chi connectivity index (χ0v) is 13.2. The topological polar surface area (TPSA) is 12.0 Å². The van der Waals surface area contributed by atoms with Crippen LogP contribution in [0.25, 0.3) is 0 Å². The van der Waals surface area contributed by atoms with Crippen molar-refractivity contribution < 1.29 is 4.39 Å². The molecular formula is C15H17BrFNS. The molecule has 4 heteroatoms. The maximum atomic E-state index is 13.0. The Bertz CT molecular complexity index is 509. The van der Waals surface area contributed by atoms with Crippen molar-refractivity contribution in [2.75, 3.05) is 6.54 Å². The van der Waals surface area contributed by atoms with Gasteiger partial charge in [0.1, 0.15) is 5.82 Å². The molecule has 0 fully saturated rings. The van der Waals surface area contributed by atoms with Gasteiger partial charge in [-0.2, -0.15) is 0 Å². The van der Waals surface area contributed by atoms with Gasteiger partial charge in [0.05, 0.1) is 0 Å². The van der Waals surface area contributed by atoms with Crippen LogP contribution in [0.4, 0.5) is 4.39 Å². The fourth-order valence-corrected chi connectivity index (χ4v) is 3.54. The molecule has 0 saturated heterocycles. The van der Waals surface area contributed by atoms with Crippen LogP contribution in [0, 0.1) is 5.82 Å². The molecule has 0 radical (unpaired) electrons. The van der Waals surface area contributed by atoms with Gasteiger partial charge in [-0.05, 0) is 58.0 Å². The number of thiophene rings is 1. The Hall–Kier alpha value is -0.710. The fraction of sp³-hybridized carbons (Fsp3) is 0.333. The Kier molecular flexibility index (Phi) is 5.55. The van der Waals surface area contributed by atoms with Crippen LogP contribution in [0.3, 0.4) is 0 Å². The quantitative estimate of drug-likeness (QED) is 0.785. The van der Waals surface area contributed by atoms with Gasteiger partial charge in [0.25, 0.3) is 0 Å². The minimum Gasteiger partial charge on any atom is -0.310 e. The molecule has 19 heavy (non-hydrogen) atoms. The van der Waals surface area contributed by atoms with Gasteiger partial charge in [-0.15, -0.1) is 11.3 Å². The van der Waals surface area contributed by atoms with Crippen LogP contribution in [0.1, 0.15) is 29.8 Å². The molecule has 1 N–H and O–H groups in total. The van der Waals surface area contributed by atoms with Gasteiger partial charge < -0.3 is 5.32 Å². The minimum atomic E-state index is -0.185. The van der Waals surface area contributed by atoms with Gasteiger partial charge >= 0.3 is 0 Å². The molecule has 1 unspecified atom stereocenters. The number of halogens is 2. The highest BCUT2D eigenvalue weighted by atomic mass is 79.9. The number of hydrogen-bond acceptors (Lipinski definition) is 2. The van der Waals surface area contributed by atoms with Crippen molar-refractivity contribution in [2.24, 2.45) is 0 Å². The molecular weight excluding hydrogens is 325 g/mol. The van der Waals surface area contributed by atoms with Crippen LogP contribution in [-0.2, 0) is 6.42 Å². The van der Waals surface area contributed by atoms with Crippen molar-refractivity contribution >= 4 is 27.3 Å². The summed E-state index contributed by atoms with van der Waals surface area (Å²) in [5.41, 5.74) is 1.13. The summed E-state index contributed by atoms with van der Waals surface area (Å²) in [6.07, 6.45) is 2.01. The third-order valence-electron chi connectivity index (χ3n) is 2.99. The van der Waals surface area contributed by atoms with Crippen LogP contribution >= 0.6 is 27.3 Å². The molecule has 2 aromatic rings. The van der Waals surface area contributed by atoms with E-state index in [0.29, 0.717) is 0 Å². The lowest BCUT2D eigenvalue weighted by atomic mass is 10.0. The van der Waals surface area contributed by atoms with E-state index in [2.05, 4.69) is 39.6 Å². The summed E-state index contributed by atoms with van der Waals surface area (Å²) in [5.74, 6) is -0.185. The third-order valence-corrected chi connectivity index (χ3v) is 4.94. The van der Waals surface area contributed by atoms with Crippen molar-refractivity contribution in [2.45, 2.75) is 25.8 Å². The Morgan fingerprint density at radius 2 is 2.00 bits per heavy atom. The highest BCUT2D eigenvalue weighted by Crippen LogP contribution is 2.28. The first-order chi connectivity index (χ1) is 9.20. The second kappa shape index (κ2) is 7.17. The molecule has 1 aromatic heterocycles. The molecule has 102 valence electrons. The predicted molar refractivity (Wildman–Crippen MR) is 83.2 cm³/mol. The second-order valence-corrected chi connectivity index (χ2v) is 6.31. The molecule has 0 bridgehead atoms. The first kappa shape index (κ1) is 14.7. The molecule has 1 atom stereocenters. The SMILES string of the molecule is CCCNC(Cc1sccc1Br)c1ccc(F)cc1. The lowest BCUT2D eigenvalue weighted by Gasteiger charge is -2.18. The van der Waals surface area contributed by atoms with Crippen LogP contribution in [0.15, 0.2) is 40.2 Å². The van der Waals surface area contributed by atoms with Gasteiger partial charge in [0.2, 0.25) is 0 Å². The maximum absolute atomic E-state index is 13.0. The number of benzene rings is 1. The standard InChI is InChI=1S/C15H17BrFNS/c1-2-8-18-14(10-15-13(16)7-9-19-15)11-3-5-12(17)6-4-11/h3-7,9,14,18H,2,8,10H2,1H3. The average molecular weight is 342 g/mol. The smallest absolute Gasteiger partial charge is 0.123 e. The van der Waals surface area contributed by atoms with Crippen LogP contribution < -0.4 is 5.32 Å². The Morgan fingerprint density at radius 3 is 2.58 bits per heavy atom. The summed E-state index contributed by atoms with van der Waals surface area (Å²) in [5, 5.41) is 5.62. The van der Waals surface area contributed by atoms with Crippen molar-refractivity contribution in [3.63, 3.8) is 0 Å². The van der Waals surface area contributed by atoms with E-state index in [-0.39, 0.29) is 11.9 Å². The summed E-state index contributed by atoms with van der Waals surface area (Å²) >= 11 is 5.32. The minimum absolute atomic E-state index is 0.185. The van der Waals surface area contributed by atoms with E-state index in [9.17, 15) is 4.39 Å². The lowest BCUT2D eigenvalue weighted by Crippen LogP contribution is -2.23. The highest BCUT2D eigenvalue weighted by Gasteiger charge is 2.14. The zero-order valence-electron chi connectivity index (χ0n) is 10.8. The van der Waals surface area contributed by atoms with Crippen LogP contribution in [0.5, 0.6) is 0 Å². The van der Waals surface area contributed by atoms with Crippen molar-refractivity contribution in [3.05, 3.63) is 56.4 Å². The van der Waals surface area contributed by atoms with E-state index in [0.717, 1.165) is 29.4 Å². The van der Waals surface area contributed by atoms with Crippen molar-refractivity contribution in [1.82, 2.24) is 5.32 Å². The third kappa shape index (κ3) is 4.13. The number of hydrogen-bond donors (Lipinski definition) is 1. The monoisotopic (exact) mass is 341 g/mol. The number of rotatable bonds is 6. The lowest BCUT2D eigenvalue weighted by molar-refractivity contribution is 0.530. The molecule has 1 aromatic carbocycles. The molecule has 1 heterocycles. The molecule has 1 nitrogen and oxygen atoms in total. The molecule has 0 aliphatic rings. The molecule has 0 aliphatic carbocycles. The molecule has 2 rings (SSSR count). The van der Waals surface area contributed by atoms with Gasteiger partial charge in [-0.1, -0.05) is 19.1 Å². The summed E-state index contributed by atoms with van der Waals surface area (Å²) in [4.78, 5) is 1.32. The molecule has 0 saturated carbocycles. The average Bonchev–Trinajstić information content (AvgIpc) is 2.81. The van der Waals surface area contributed by atoms with Gasteiger partial charge in [-0.3, -0.25) is 0 Å². The maximum Gasteiger partial charge on any atom is 0.123 e. The Balaban J connectivity index is 2.15. The van der Waals surface area contributed by atoms with E-state index in [1.165, 1.54) is 17.0 Å². The Morgan fingerprint density at radius 1 is 1.26 bits per heavy atom. The predicted octanol–water partition coefficient (Wildman–Crippen LogP) is 4.93.